The van der Waals surface area contributed by atoms with Crippen molar-refractivity contribution in [2.75, 3.05) is 20.6 Å². The second-order valence-electron chi connectivity index (χ2n) is 12.6. The molecule has 0 bridgehead atoms. The number of phenolic OH excluding ortho intramolecular Hbond substituents is 1. The van der Waals surface area contributed by atoms with E-state index >= 15 is 0 Å². The van der Waals surface area contributed by atoms with E-state index in [9.17, 15) is 34.2 Å². The molecule has 41 heavy (non-hydrogen) atoms. The topological polar surface area (TPSA) is 158 Å². The molecule has 4 aliphatic rings. The van der Waals surface area contributed by atoms with Gasteiger partial charge in [-0.2, -0.15) is 0 Å². The number of aliphatic hydroxyl groups is 1. The number of rotatable bonds is 8. The minimum atomic E-state index is -2.74. The van der Waals surface area contributed by atoms with Crippen molar-refractivity contribution in [3.05, 3.63) is 27.8 Å². The highest BCUT2D eigenvalue weighted by atomic mass is 35.5. The van der Waals surface area contributed by atoms with E-state index in [-0.39, 0.29) is 30.2 Å². The van der Waals surface area contributed by atoms with E-state index in [1.807, 2.05) is 0 Å². The van der Waals surface area contributed by atoms with Crippen molar-refractivity contribution in [2.24, 2.45) is 35.3 Å². The number of ketones is 4. The number of aromatic hydroxyl groups is 1. The standard InChI is InChI=1S/C30H38ClN3O7/c1-5-13(2)34(11-14-6-7-14)12-16-10-19(35)21-17(23(16)31)8-15-9-18-24(33(3)4)26(37)22(29(32)40)28(39)30(18,41)27(38)20(15)25(21)36/h10,13-15,18,20,22,24,35,41H,5-9,11-12H2,1-4H3,(H2,32,40)/t13?,15-,18-,20?,22?,24-,30-/m0/s1. The minimum absolute atomic E-state index is 0.00805. The van der Waals surface area contributed by atoms with Crippen molar-refractivity contribution in [1.82, 2.24) is 9.80 Å². The number of likely N-dealkylation sites (N-methyl/N-ethyl adjacent to an activating group) is 1. The Kier molecular flexibility index (Phi) is 7.68. The van der Waals surface area contributed by atoms with E-state index in [0.29, 0.717) is 28.6 Å². The number of hydrogen-bond donors (Lipinski definition) is 3. The van der Waals surface area contributed by atoms with Crippen LogP contribution in [0.2, 0.25) is 5.02 Å². The van der Waals surface area contributed by atoms with Crippen LogP contribution in [0.25, 0.3) is 0 Å². The van der Waals surface area contributed by atoms with Crippen molar-refractivity contribution in [1.29, 1.82) is 0 Å². The van der Waals surface area contributed by atoms with Gasteiger partial charge in [0.05, 0.1) is 17.5 Å². The van der Waals surface area contributed by atoms with Gasteiger partial charge in [0.25, 0.3) is 0 Å². The van der Waals surface area contributed by atoms with E-state index in [4.69, 9.17) is 17.3 Å². The number of hydrogen-bond acceptors (Lipinski definition) is 9. The summed E-state index contributed by atoms with van der Waals surface area (Å²) in [4.78, 5) is 70.3. The van der Waals surface area contributed by atoms with Crippen molar-refractivity contribution < 1.29 is 34.2 Å². The molecule has 1 amide bonds. The van der Waals surface area contributed by atoms with E-state index in [1.165, 1.54) is 23.8 Å². The van der Waals surface area contributed by atoms with Crippen LogP contribution < -0.4 is 5.73 Å². The maximum Gasteiger partial charge on any atom is 0.235 e. The number of Topliss-reactive ketones (excluding diaryl/α,β-unsaturated/α-hetero) is 4. The monoisotopic (exact) mass is 587 g/mol. The Balaban J connectivity index is 1.55. The lowest BCUT2D eigenvalue weighted by atomic mass is 9.52. The van der Waals surface area contributed by atoms with Crippen LogP contribution in [-0.4, -0.2) is 87.4 Å². The quantitative estimate of drug-likeness (QED) is 0.383. The summed E-state index contributed by atoms with van der Waals surface area (Å²) in [7, 11) is 3.11. The van der Waals surface area contributed by atoms with Crippen LogP contribution in [0.3, 0.4) is 0 Å². The smallest absolute Gasteiger partial charge is 0.235 e. The first-order valence-electron chi connectivity index (χ1n) is 14.4. The summed E-state index contributed by atoms with van der Waals surface area (Å²) in [6, 6.07) is 0.624. The molecule has 0 radical (unpaired) electrons. The highest BCUT2D eigenvalue weighted by molar-refractivity contribution is 6.34. The molecule has 0 aromatic heterocycles. The Hall–Kier alpha value is -2.66. The van der Waals surface area contributed by atoms with Gasteiger partial charge >= 0.3 is 0 Å². The van der Waals surface area contributed by atoms with Gasteiger partial charge in [0.2, 0.25) is 5.91 Å². The van der Waals surface area contributed by atoms with E-state index in [2.05, 4.69) is 18.7 Å². The van der Waals surface area contributed by atoms with Crippen molar-refractivity contribution in [3.8, 4) is 5.75 Å². The molecular formula is C30H38ClN3O7. The number of amides is 1. The molecule has 1 aromatic carbocycles. The summed E-state index contributed by atoms with van der Waals surface area (Å²) < 4.78 is 0. The maximum absolute atomic E-state index is 13.9. The third-order valence-electron chi connectivity index (χ3n) is 9.85. The average Bonchev–Trinajstić information content (AvgIpc) is 3.71. The number of primary amides is 1. The van der Waals surface area contributed by atoms with Gasteiger partial charge < -0.3 is 15.9 Å². The molecule has 4 N–H and O–H groups in total. The van der Waals surface area contributed by atoms with Crippen LogP contribution in [0.15, 0.2) is 6.07 Å². The molecule has 5 rings (SSSR count). The summed E-state index contributed by atoms with van der Waals surface area (Å²) >= 11 is 6.93. The zero-order valence-electron chi connectivity index (χ0n) is 23.9. The van der Waals surface area contributed by atoms with E-state index in [0.717, 1.165) is 13.0 Å². The van der Waals surface area contributed by atoms with Crippen molar-refractivity contribution in [3.63, 3.8) is 0 Å². The second-order valence-corrected chi connectivity index (χ2v) is 13.0. The molecule has 7 atom stereocenters. The highest BCUT2D eigenvalue weighted by Crippen LogP contribution is 2.52. The fourth-order valence-corrected chi connectivity index (χ4v) is 7.62. The Morgan fingerprint density at radius 2 is 1.85 bits per heavy atom. The summed E-state index contributed by atoms with van der Waals surface area (Å²) in [5, 5.41) is 23.1. The second kappa shape index (κ2) is 10.6. The Bertz CT molecular complexity index is 1340. The first-order valence-corrected chi connectivity index (χ1v) is 14.7. The SMILES string of the molecule is CCC(C)N(Cc1cc(O)c2c(c1Cl)C[C@H]1C[C@H]3[C@H](N(C)C)C(=O)C(C(N)=O)C(=O)[C@@]3(O)C(=O)C1C2=O)CC1CC1. The first-order chi connectivity index (χ1) is 19.2. The van der Waals surface area contributed by atoms with E-state index in [1.54, 1.807) is 14.1 Å². The largest absolute Gasteiger partial charge is 0.507 e. The molecule has 11 heteroatoms. The number of carbonyl (C=O) groups is 5. The van der Waals surface area contributed by atoms with Gasteiger partial charge in [-0.05, 0) is 82.2 Å². The molecule has 1 aromatic rings. The molecule has 0 saturated heterocycles. The molecular weight excluding hydrogens is 550 g/mol. The Morgan fingerprint density at radius 3 is 2.41 bits per heavy atom. The lowest BCUT2D eigenvalue weighted by Gasteiger charge is -2.52. The molecule has 4 aliphatic carbocycles. The molecule has 3 fully saturated rings. The fourth-order valence-electron chi connectivity index (χ4n) is 7.33. The highest BCUT2D eigenvalue weighted by Gasteiger charge is 2.69. The van der Waals surface area contributed by atoms with Crippen molar-refractivity contribution >= 4 is 40.6 Å². The predicted molar refractivity (Wildman–Crippen MR) is 149 cm³/mol. The fraction of sp³-hybridized carbons (Fsp3) is 0.633. The normalized spacial score (nSPS) is 32.1. The Labute approximate surface area is 244 Å². The number of phenols is 1. The van der Waals surface area contributed by atoms with Gasteiger partial charge in [-0.1, -0.05) is 18.5 Å². The molecule has 3 unspecified atom stereocenters. The first kappa shape index (κ1) is 29.8. The lowest BCUT2D eigenvalue weighted by Crippen LogP contribution is -2.74. The summed E-state index contributed by atoms with van der Waals surface area (Å²) in [6.45, 7) is 5.68. The van der Waals surface area contributed by atoms with Crippen LogP contribution in [0.5, 0.6) is 5.75 Å². The van der Waals surface area contributed by atoms with E-state index < -0.39 is 64.4 Å². The summed E-state index contributed by atoms with van der Waals surface area (Å²) in [6.07, 6.45) is 3.46. The third-order valence-corrected chi connectivity index (χ3v) is 10.3. The molecule has 0 heterocycles. The molecule has 0 spiro atoms. The molecule has 3 saturated carbocycles. The van der Waals surface area contributed by atoms with Gasteiger partial charge in [-0.15, -0.1) is 0 Å². The van der Waals surface area contributed by atoms with Gasteiger partial charge in [0.15, 0.2) is 34.7 Å². The summed E-state index contributed by atoms with van der Waals surface area (Å²) in [5.41, 5.74) is 3.66. The predicted octanol–water partition coefficient (Wildman–Crippen LogP) is 1.53. The van der Waals surface area contributed by atoms with Crippen LogP contribution in [-0.2, 0) is 32.1 Å². The van der Waals surface area contributed by atoms with Gasteiger partial charge in [0, 0.05) is 30.1 Å². The average molecular weight is 588 g/mol. The zero-order valence-corrected chi connectivity index (χ0v) is 24.6. The maximum atomic E-state index is 13.9. The zero-order chi connectivity index (χ0) is 30.1. The van der Waals surface area contributed by atoms with Gasteiger partial charge in [0.1, 0.15) is 5.75 Å². The van der Waals surface area contributed by atoms with Gasteiger partial charge in [-0.25, -0.2) is 0 Å². The minimum Gasteiger partial charge on any atom is -0.507 e. The van der Waals surface area contributed by atoms with Gasteiger partial charge in [-0.3, -0.25) is 33.8 Å². The number of nitrogens with two attached hydrogens (primary N) is 1. The number of nitrogens with zero attached hydrogens (tertiary/aromatic N) is 2. The third kappa shape index (κ3) is 4.63. The number of halogens is 1. The van der Waals surface area contributed by atoms with Crippen LogP contribution in [0, 0.1) is 29.6 Å². The molecule has 10 nitrogen and oxygen atoms in total. The number of benzene rings is 1. The van der Waals surface area contributed by atoms with Crippen LogP contribution in [0.4, 0.5) is 0 Å². The molecule has 222 valence electrons. The van der Waals surface area contributed by atoms with Crippen LogP contribution >= 0.6 is 11.6 Å². The lowest BCUT2D eigenvalue weighted by molar-refractivity contribution is -0.181. The number of fused-ring (bicyclic) bond motifs is 3. The Morgan fingerprint density at radius 1 is 1.20 bits per heavy atom. The van der Waals surface area contributed by atoms with Crippen molar-refractivity contribution in [2.45, 2.75) is 70.2 Å². The van der Waals surface area contributed by atoms with Crippen LogP contribution in [0.1, 0.15) is 61.0 Å². The summed E-state index contributed by atoms with van der Waals surface area (Å²) in [5.74, 6) is -10.0. The number of carbonyl (C=O) groups excluding carboxylic acids is 5. The molecule has 0 aliphatic heterocycles.